The number of carbonyl (C=O) groups is 1. The lowest BCUT2D eigenvalue weighted by Gasteiger charge is -2.26. The van der Waals surface area contributed by atoms with E-state index in [0.29, 0.717) is 35.2 Å². The normalized spacial score (nSPS) is 15.9. The first-order valence-electron chi connectivity index (χ1n) is 10.1. The van der Waals surface area contributed by atoms with Gasteiger partial charge in [-0.2, -0.15) is 0 Å². The summed E-state index contributed by atoms with van der Waals surface area (Å²) in [5.74, 6) is 0.197. The molecule has 32 heavy (non-hydrogen) atoms. The standard InChI is InChI=1S/C22H27ClN2O6S/c1-29-20-11-18(22(26)24-13-17-5-4-10-31-17)19(12-21(20)30-2)25(32(3,27)28)14-15-6-8-16(23)9-7-15/h6-9,11-12,17H,4-5,10,13-14H2,1-3H3,(H,24,26). The molecule has 2 aromatic carbocycles. The van der Waals surface area contributed by atoms with Gasteiger partial charge in [0.25, 0.3) is 5.91 Å². The lowest BCUT2D eigenvalue weighted by atomic mass is 10.1. The first-order valence-corrected chi connectivity index (χ1v) is 12.3. The Kier molecular flexibility index (Phi) is 7.86. The molecule has 0 radical (unpaired) electrons. The van der Waals surface area contributed by atoms with Gasteiger partial charge in [-0.1, -0.05) is 23.7 Å². The van der Waals surface area contributed by atoms with Gasteiger partial charge in [-0.15, -0.1) is 0 Å². The second-order valence-corrected chi connectivity index (χ2v) is 9.81. The van der Waals surface area contributed by atoms with E-state index in [9.17, 15) is 13.2 Å². The molecule has 174 valence electrons. The van der Waals surface area contributed by atoms with Gasteiger partial charge in [0.15, 0.2) is 11.5 Å². The van der Waals surface area contributed by atoms with Gasteiger partial charge in [0.2, 0.25) is 10.0 Å². The maximum absolute atomic E-state index is 13.1. The summed E-state index contributed by atoms with van der Waals surface area (Å²) in [7, 11) is -0.859. The van der Waals surface area contributed by atoms with E-state index in [1.807, 2.05) is 0 Å². The van der Waals surface area contributed by atoms with E-state index in [1.165, 1.54) is 30.7 Å². The van der Waals surface area contributed by atoms with E-state index in [0.717, 1.165) is 19.1 Å². The number of sulfonamides is 1. The van der Waals surface area contributed by atoms with E-state index in [4.69, 9.17) is 25.8 Å². The summed E-state index contributed by atoms with van der Waals surface area (Å²) in [6, 6.07) is 9.81. The number of halogens is 1. The molecule has 10 heteroatoms. The Hall–Kier alpha value is -2.49. The van der Waals surface area contributed by atoms with Gasteiger partial charge in [0, 0.05) is 24.2 Å². The highest BCUT2D eigenvalue weighted by molar-refractivity contribution is 7.92. The van der Waals surface area contributed by atoms with Crippen molar-refractivity contribution in [1.29, 1.82) is 0 Å². The zero-order valence-electron chi connectivity index (χ0n) is 18.3. The summed E-state index contributed by atoms with van der Waals surface area (Å²) in [5, 5.41) is 3.39. The van der Waals surface area contributed by atoms with Gasteiger partial charge in [-0.3, -0.25) is 9.10 Å². The largest absolute Gasteiger partial charge is 0.493 e. The average molecular weight is 483 g/mol. The smallest absolute Gasteiger partial charge is 0.253 e. The molecule has 0 aliphatic carbocycles. The average Bonchev–Trinajstić information content (AvgIpc) is 3.29. The lowest BCUT2D eigenvalue weighted by molar-refractivity contribution is 0.0858. The molecule has 1 N–H and O–H groups in total. The third kappa shape index (κ3) is 5.85. The second-order valence-electron chi connectivity index (χ2n) is 7.47. The van der Waals surface area contributed by atoms with Crippen LogP contribution in [0.4, 0.5) is 5.69 Å². The fourth-order valence-corrected chi connectivity index (χ4v) is 4.52. The zero-order chi connectivity index (χ0) is 23.3. The summed E-state index contributed by atoms with van der Waals surface area (Å²) in [5.41, 5.74) is 1.05. The van der Waals surface area contributed by atoms with Gasteiger partial charge < -0.3 is 19.5 Å². The monoisotopic (exact) mass is 482 g/mol. The molecule has 1 heterocycles. The van der Waals surface area contributed by atoms with Crippen LogP contribution < -0.4 is 19.1 Å². The molecule has 1 atom stereocenters. The highest BCUT2D eigenvalue weighted by atomic mass is 35.5. The molecule has 1 saturated heterocycles. The number of amides is 1. The predicted molar refractivity (Wildman–Crippen MR) is 123 cm³/mol. The van der Waals surface area contributed by atoms with E-state index < -0.39 is 15.9 Å². The Morgan fingerprint density at radius 2 is 1.84 bits per heavy atom. The maximum Gasteiger partial charge on any atom is 0.253 e. The molecule has 0 aromatic heterocycles. The maximum atomic E-state index is 13.1. The number of ether oxygens (including phenoxy) is 3. The Balaban J connectivity index is 2.02. The number of anilines is 1. The fraction of sp³-hybridized carbons (Fsp3) is 0.409. The summed E-state index contributed by atoms with van der Waals surface area (Å²) in [6.07, 6.45) is 2.85. The Labute approximate surface area is 193 Å². The van der Waals surface area contributed by atoms with Crippen molar-refractivity contribution in [1.82, 2.24) is 5.32 Å². The third-order valence-electron chi connectivity index (χ3n) is 5.17. The lowest BCUT2D eigenvalue weighted by Crippen LogP contribution is -2.35. The van der Waals surface area contributed by atoms with Crippen molar-refractivity contribution in [3.8, 4) is 11.5 Å². The van der Waals surface area contributed by atoms with Crippen LogP contribution in [0.15, 0.2) is 36.4 Å². The first-order chi connectivity index (χ1) is 15.2. The van der Waals surface area contributed by atoms with Gasteiger partial charge in [0.1, 0.15) is 0 Å². The van der Waals surface area contributed by atoms with Crippen LogP contribution in [0.3, 0.4) is 0 Å². The quantitative estimate of drug-likeness (QED) is 0.589. The van der Waals surface area contributed by atoms with E-state index >= 15 is 0 Å². The minimum atomic E-state index is -3.76. The van der Waals surface area contributed by atoms with Gasteiger partial charge in [-0.05, 0) is 36.6 Å². The number of hydrogen-bond donors (Lipinski definition) is 1. The minimum absolute atomic E-state index is 0.0114. The van der Waals surface area contributed by atoms with Gasteiger partial charge >= 0.3 is 0 Å². The molecule has 1 amide bonds. The third-order valence-corrected chi connectivity index (χ3v) is 6.55. The first kappa shape index (κ1) is 24.2. The number of carbonyl (C=O) groups excluding carboxylic acids is 1. The van der Waals surface area contributed by atoms with Crippen molar-refractivity contribution in [3.63, 3.8) is 0 Å². The fourth-order valence-electron chi connectivity index (χ4n) is 3.50. The highest BCUT2D eigenvalue weighted by Gasteiger charge is 2.27. The van der Waals surface area contributed by atoms with Crippen LogP contribution in [0.2, 0.25) is 5.02 Å². The van der Waals surface area contributed by atoms with Gasteiger partial charge in [0.05, 0.1) is 44.4 Å². The zero-order valence-corrected chi connectivity index (χ0v) is 19.8. The summed E-state index contributed by atoms with van der Waals surface area (Å²) in [6.45, 7) is 1.02. The van der Waals surface area contributed by atoms with Crippen LogP contribution >= 0.6 is 11.6 Å². The predicted octanol–water partition coefficient (Wildman–Crippen LogP) is 3.23. The topological polar surface area (TPSA) is 94.2 Å². The van der Waals surface area contributed by atoms with Gasteiger partial charge in [-0.25, -0.2) is 8.42 Å². The SMILES string of the molecule is COc1cc(C(=O)NCC2CCCO2)c(N(Cc2ccc(Cl)cc2)S(C)(=O)=O)cc1OC. The molecule has 8 nitrogen and oxygen atoms in total. The van der Waals surface area contributed by atoms with E-state index in [1.54, 1.807) is 24.3 Å². The Morgan fingerprint density at radius 3 is 2.41 bits per heavy atom. The van der Waals surface area contributed by atoms with Crippen molar-refractivity contribution in [2.24, 2.45) is 0 Å². The second kappa shape index (κ2) is 10.4. The highest BCUT2D eigenvalue weighted by Crippen LogP contribution is 2.37. The summed E-state index contributed by atoms with van der Waals surface area (Å²) >= 11 is 5.96. The van der Waals surface area contributed by atoms with Crippen LogP contribution in [0.1, 0.15) is 28.8 Å². The van der Waals surface area contributed by atoms with Crippen molar-refractivity contribution >= 4 is 33.2 Å². The molecule has 0 spiro atoms. The molecule has 3 rings (SSSR count). The number of nitrogens with zero attached hydrogens (tertiary/aromatic N) is 1. The molecule has 1 aliphatic heterocycles. The molecule has 0 saturated carbocycles. The van der Waals surface area contributed by atoms with Crippen molar-refractivity contribution in [3.05, 3.63) is 52.5 Å². The molecular formula is C22H27ClN2O6S. The number of benzene rings is 2. The number of hydrogen-bond acceptors (Lipinski definition) is 6. The van der Waals surface area contributed by atoms with E-state index in [2.05, 4.69) is 5.32 Å². The van der Waals surface area contributed by atoms with E-state index in [-0.39, 0.29) is 23.9 Å². The molecule has 0 bridgehead atoms. The minimum Gasteiger partial charge on any atom is -0.493 e. The van der Waals surface area contributed by atoms with Crippen LogP contribution in [-0.4, -0.2) is 54.1 Å². The number of nitrogens with one attached hydrogen (secondary N) is 1. The molecule has 2 aromatic rings. The van der Waals surface area contributed by atoms with Crippen LogP contribution in [-0.2, 0) is 21.3 Å². The molecule has 1 fully saturated rings. The molecular weight excluding hydrogens is 456 g/mol. The Morgan fingerprint density at radius 1 is 1.19 bits per heavy atom. The molecule has 1 unspecified atom stereocenters. The summed E-state index contributed by atoms with van der Waals surface area (Å²) < 4.78 is 43.0. The molecule has 1 aliphatic rings. The summed E-state index contributed by atoms with van der Waals surface area (Å²) in [4.78, 5) is 13.1. The number of methoxy groups -OCH3 is 2. The van der Waals surface area contributed by atoms with Crippen LogP contribution in [0.5, 0.6) is 11.5 Å². The number of rotatable bonds is 9. The van der Waals surface area contributed by atoms with Crippen molar-refractivity contribution in [2.45, 2.75) is 25.5 Å². The Bertz CT molecular complexity index is 1050. The van der Waals surface area contributed by atoms with Crippen molar-refractivity contribution in [2.75, 3.05) is 37.9 Å². The van der Waals surface area contributed by atoms with Crippen LogP contribution in [0, 0.1) is 0 Å². The van der Waals surface area contributed by atoms with Crippen LogP contribution in [0.25, 0.3) is 0 Å². The van der Waals surface area contributed by atoms with Crippen molar-refractivity contribution < 1.29 is 27.4 Å².